The molecule has 0 radical (unpaired) electrons. The van der Waals surface area contributed by atoms with Crippen molar-refractivity contribution in [1.29, 1.82) is 0 Å². The molecule has 0 spiro atoms. The Hall–Kier alpha value is -2.49. The van der Waals surface area contributed by atoms with Gasteiger partial charge in [-0.2, -0.15) is 0 Å². The first-order valence-corrected chi connectivity index (χ1v) is 5.88. The van der Waals surface area contributed by atoms with E-state index in [0.717, 1.165) is 16.8 Å². The van der Waals surface area contributed by atoms with Gasteiger partial charge in [0.1, 0.15) is 0 Å². The molecular weight excluding hydrogens is 242 g/mol. The van der Waals surface area contributed by atoms with Gasteiger partial charge in [-0.05, 0) is 43.7 Å². The number of rotatable bonds is 2. The molecule has 0 heterocycles. The second-order valence-corrected chi connectivity index (χ2v) is 4.48. The Morgan fingerprint density at radius 2 is 1.74 bits per heavy atom. The lowest BCUT2D eigenvalue weighted by Crippen LogP contribution is -2.12. The molecule has 1 amide bonds. The van der Waals surface area contributed by atoms with Gasteiger partial charge in [-0.25, -0.2) is 0 Å². The van der Waals surface area contributed by atoms with Gasteiger partial charge in [0.15, 0.2) is 11.5 Å². The van der Waals surface area contributed by atoms with Gasteiger partial charge in [-0.15, -0.1) is 0 Å². The fourth-order valence-electron chi connectivity index (χ4n) is 1.81. The summed E-state index contributed by atoms with van der Waals surface area (Å²) in [7, 11) is 0. The maximum atomic E-state index is 12.0. The van der Waals surface area contributed by atoms with Crippen LogP contribution in [0.1, 0.15) is 21.5 Å². The first kappa shape index (κ1) is 13.0. The Labute approximate surface area is 111 Å². The Morgan fingerprint density at radius 3 is 2.37 bits per heavy atom. The van der Waals surface area contributed by atoms with E-state index in [1.807, 2.05) is 32.0 Å². The highest BCUT2D eigenvalue weighted by atomic mass is 16.3. The molecule has 0 saturated carbocycles. The molecule has 0 aliphatic rings. The van der Waals surface area contributed by atoms with Gasteiger partial charge in [0, 0.05) is 11.3 Å². The average molecular weight is 257 g/mol. The molecule has 0 atom stereocenters. The van der Waals surface area contributed by atoms with Gasteiger partial charge in [0.25, 0.3) is 5.91 Å². The standard InChI is InChI=1S/C15H15NO3/c1-9-3-5-12(10(2)7-9)16-15(19)11-4-6-13(17)14(18)8-11/h3-8,17-18H,1-2H3,(H,16,19). The average Bonchev–Trinajstić information content (AvgIpc) is 2.36. The number of phenols is 2. The van der Waals surface area contributed by atoms with Gasteiger partial charge >= 0.3 is 0 Å². The van der Waals surface area contributed by atoms with Crippen LogP contribution < -0.4 is 5.32 Å². The molecular formula is C15H15NO3. The number of amides is 1. The summed E-state index contributed by atoms with van der Waals surface area (Å²) in [5.74, 6) is -0.890. The topological polar surface area (TPSA) is 69.6 Å². The molecule has 2 aromatic rings. The van der Waals surface area contributed by atoms with E-state index in [2.05, 4.69) is 5.32 Å². The largest absolute Gasteiger partial charge is 0.504 e. The SMILES string of the molecule is Cc1ccc(NC(=O)c2ccc(O)c(O)c2)c(C)c1. The second kappa shape index (κ2) is 5.02. The van der Waals surface area contributed by atoms with Gasteiger partial charge in [-0.3, -0.25) is 4.79 Å². The van der Waals surface area contributed by atoms with Crippen molar-refractivity contribution in [3.05, 3.63) is 53.1 Å². The number of hydrogen-bond donors (Lipinski definition) is 3. The fraction of sp³-hybridized carbons (Fsp3) is 0.133. The third kappa shape index (κ3) is 2.85. The van der Waals surface area contributed by atoms with Crippen LogP contribution in [0.4, 0.5) is 5.69 Å². The van der Waals surface area contributed by atoms with Crippen LogP contribution in [0.15, 0.2) is 36.4 Å². The van der Waals surface area contributed by atoms with E-state index < -0.39 is 0 Å². The number of anilines is 1. The van der Waals surface area contributed by atoms with E-state index in [-0.39, 0.29) is 23.0 Å². The normalized spacial score (nSPS) is 10.2. The molecule has 0 saturated heterocycles. The number of carbonyl (C=O) groups excluding carboxylic acids is 1. The quantitative estimate of drug-likeness (QED) is 0.724. The maximum Gasteiger partial charge on any atom is 0.255 e. The molecule has 0 aromatic heterocycles. The number of hydrogen-bond acceptors (Lipinski definition) is 3. The van der Waals surface area contributed by atoms with Crippen LogP contribution in [0.3, 0.4) is 0 Å². The molecule has 4 heteroatoms. The second-order valence-electron chi connectivity index (χ2n) is 4.48. The molecule has 98 valence electrons. The number of benzene rings is 2. The van der Waals surface area contributed by atoms with Gasteiger partial charge in [0.05, 0.1) is 0 Å². The number of phenolic OH excluding ortho intramolecular Hbond substituents is 2. The van der Waals surface area contributed by atoms with Crippen LogP contribution in [-0.2, 0) is 0 Å². The Kier molecular flexibility index (Phi) is 3.42. The summed E-state index contributed by atoms with van der Waals surface area (Å²) in [6, 6.07) is 9.69. The Bertz CT molecular complexity index is 635. The fourth-order valence-corrected chi connectivity index (χ4v) is 1.81. The first-order valence-electron chi connectivity index (χ1n) is 5.88. The maximum absolute atomic E-state index is 12.0. The molecule has 19 heavy (non-hydrogen) atoms. The molecule has 0 bridgehead atoms. The molecule has 0 fully saturated rings. The van der Waals surface area contributed by atoms with Crippen molar-refractivity contribution in [2.75, 3.05) is 5.32 Å². The van der Waals surface area contributed by atoms with Crippen molar-refractivity contribution in [2.45, 2.75) is 13.8 Å². The predicted octanol–water partition coefficient (Wildman–Crippen LogP) is 2.97. The van der Waals surface area contributed by atoms with Gasteiger partial charge in [-0.1, -0.05) is 17.7 Å². The molecule has 0 aliphatic heterocycles. The lowest BCUT2D eigenvalue weighted by atomic mass is 10.1. The zero-order valence-corrected chi connectivity index (χ0v) is 10.8. The van der Waals surface area contributed by atoms with Crippen LogP contribution >= 0.6 is 0 Å². The molecule has 2 aromatic carbocycles. The van der Waals surface area contributed by atoms with Crippen molar-refractivity contribution in [2.24, 2.45) is 0 Å². The molecule has 2 rings (SSSR count). The van der Waals surface area contributed by atoms with Gasteiger partial charge in [0.2, 0.25) is 0 Å². The molecule has 3 N–H and O–H groups in total. The lowest BCUT2D eigenvalue weighted by Gasteiger charge is -2.09. The van der Waals surface area contributed by atoms with Crippen molar-refractivity contribution in [1.82, 2.24) is 0 Å². The van der Waals surface area contributed by atoms with Crippen LogP contribution in [0, 0.1) is 13.8 Å². The molecule has 4 nitrogen and oxygen atoms in total. The number of aromatic hydroxyl groups is 2. The zero-order chi connectivity index (χ0) is 14.0. The van der Waals surface area contributed by atoms with Crippen LogP contribution in [0.25, 0.3) is 0 Å². The first-order chi connectivity index (χ1) is 8.97. The summed E-state index contributed by atoms with van der Waals surface area (Å²) in [4.78, 5) is 12.0. The molecule has 0 aliphatic carbocycles. The van der Waals surface area contributed by atoms with E-state index in [1.165, 1.54) is 18.2 Å². The minimum atomic E-state index is -0.331. The third-order valence-corrected chi connectivity index (χ3v) is 2.87. The van der Waals surface area contributed by atoms with Crippen LogP contribution in [0.5, 0.6) is 11.5 Å². The monoisotopic (exact) mass is 257 g/mol. The van der Waals surface area contributed by atoms with Crippen LogP contribution in [-0.4, -0.2) is 16.1 Å². The van der Waals surface area contributed by atoms with Crippen LogP contribution in [0.2, 0.25) is 0 Å². The highest BCUT2D eigenvalue weighted by Crippen LogP contribution is 2.25. The summed E-state index contributed by atoms with van der Waals surface area (Å²) in [6.45, 7) is 3.90. The minimum absolute atomic E-state index is 0.247. The summed E-state index contributed by atoms with van der Waals surface area (Å²) < 4.78 is 0. The number of aryl methyl sites for hydroxylation is 2. The van der Waals surface area contributed by atoms with E-state index >= 15 is 0 Å². The van der Waals surface area contributed by atoms with E-state index in [9.17, 15) is 15.0 Å². The van der Waals surface area contributed by atoms with Gasteiger partial charge < -0.3 is 15.5 Å². The predicted molar refractivity (Wildman–Crippen MR) is 73.6 cm³/mol. The Morgan fingerprint density at radius 1 is 1.00 bits per heavy atom. The van der Waals surface area contributed by atoms with E-state index in [0.29, 0.717) is 0 Å². The number of nitrogens with one attached hydrogen (secondary N) is 1. The zero-order valence-electron chi connectivity index (χ0n) is 10.8. The van der Waals surface area contributed by atoms with Crippen molar-refractivity contribution >= 4 is 11.6 Å². The van der Waals surface area contributed by atoms with Crippen molar-refractivity contribution in [3.8, 4) is 11.5 Å². The van der Waals surface area contributed by atoms with Crippen molar-refractivity contribution < 1.29 is 15.0 Å². The van der Waals surface area contributed by atoms with E-state index in [4.69, 9.17) is 0 Å². The Balaban J connectivity index is 2.23. The highest BCUT2D eigenvalue weighted by molar-refractivity contribution is 6.05. The smallest absolute Gasteiger partial charge is 0.255 e. The van der Waals surface area contributed by atoms with E-state index in [1.54, 1.807) is 0 Å². The summed E-state index contributed by atoms with van der Waals surface area (Å²) in [5.41, 5.74) is 3.10. The lowest BCUT2D eigenvalue weighted by molar-refractivity contribution is 0.102. The summed E-state index contributed by atoms with van der Waals surface area (Å²) >= 11 is 0. The highest BCUT2D eigenvalue weighted by Gasteiger charge is 2.10. The van der Waals surface area contributed by atoms with Crippen molar-refractivity contribution in [3.63, 3.8) is 0 Å². The summed E-state index contributed by atoms with van der Waals surface area (Å²) in [5, 5.41) is 21.4. The molecule has 0 unspecified atom stereocenters. The number of carbonyl (C=O) groups is 1. The third-order valence-electron chi connectivity index (χ3n) is 2.87. The minimum Gasteiger partial charge on any atom is -0.504 e. The summed E-state index contributed by atoms with van der Waals surface area (Å²) in [6.07, 6.45) is 0.